The number of hydrogen-bond acceptors (Lipinski definition) is 5. The van der Waals surface area contributed by atoms with Gasteiger partial charge >= 0.3 is 5.97 Å². The number of carbonyl (C=O) groups is 1. The van der Waals surface area contributed by atoms with Gasteiger partial charge in [0.05, 0.1) is 35.6 Å². The third-order valence-corrected chi connectivity index (χ3v) is 6.01. The summed E-state index contributed by atoms with van der Waals surface area (Å²) in [6.45, 7) is 2.38. The topological polar surface area (TPSA) is 98.7 Å². The van der Waals surface area contributed by atoms with Crippen LogP contribution in [0.4, 0.5) is 0 Å². The van der Waals surface area contributed by atoms with Crippen LogP contribution in [0.15, 0.2) is 47.5 Å². The fraction of sp³-hybridized carbons (Fsp3) is 0.304. The van der Waals surface area contributed by atoms with Gasteiger partial charge in [0.2, 0.25) is 5.43 Å². The van der Waals surface area contributed by atoms with Crippen molar-refractivity contribution in [3.05, 3.63) is 69.4 Å². The van der Waals surface area contributed by atoms with Gasteiger partial charge in [0.25, 0.3) is 0 Å². The number of fused-ring (bicyclic) bond motifs is 2. The lowest BCUT2D eigenvalue weighted by atomic mass is 10.1. The van der Waals surface area contributed by atoms with E-state index in [1.807, 2.05) is 22.9 Å². The van der Waals surface area contributed by atoms with E-state index in [2.05, 4.69) is 10.1 Å². The molecule has 0 bridgehead atoms. The number of rotatable bonds is 7. The van der Waals surface area contributed by atoms with Crippen LogP contribution in [0, 0.1) is 5.92 Å². The average Bonchev–Trinajstić information content (AvgIpc) is 3.53. The van der Waals surface area contributed by atoms with Gasteiger partial charge in [-0.05, 0) is 37.8 Å². The lowest BCUT2D eigenvalue weighted by Crippen LogP contribution is -2.24. The molecule has 1 saturated carbocycles. The molecule has 1 atom stereocenters. The molecule has 164 valence electrons. The monoisotopic (exact) mass is 452 g/mol. The molecule has 1 aromatic carbocycles. The summed E-state index contributed by atoms with van der Waals surface area (Å²) in [5, 5.41) is 14.7. The molecule has 3 heterocycles. The summed E-state index contributed by atoms with van der Waals surface area (Å²) < 4.78 is 9.31. The van der Waals surface area contributed by atoms with Crippen LogP contribution >= 0.6 is 11.6 Å². The van der Waals surface area contributed by atoms with Gasteiger partial charge in [0, 0.05) is 17.6 Å². The van der Waals surface area contributed by atoms with Crippen LogP contribution in [-0.2, 0) is 11.3 Å². The molecule has 0 saturated heterocycles. The first-order valence-electron chi connectivity index (χ1n) is 10.4. The van der Waals surface area contributed by atoms with Crippen molar-refractivity contribution >= 4 is 34.1 Å². The number of halogens is 1. The second kappa shape index (κ2) is 7.94. The quantitative estimate of drug-likeness (QED) is 0.459. The van der Waals surface area contributed by atoms with E-state index < -0.39 is 11.9 Å². The van der Waals surface area contributed by atoms with E-state index >= 15 is 0 Å². The van der Waals surface area contributed by atoms with Crippen LogP contribution < -0.4 is 10.2 Å². The molecular formula is C23H21ClN4O4. The zero-order valence-electron chi connectivity index (χ0n) is 17.4. The SMILES string of the molecule is C[C@H](C(=O)O)c1nn(Cc2cn3cc(OCC4CC4)c(Cl)cc3n2)c2ccccc2c1=O. The Morgan fingerprint density at radius 1 is 1.31 bits per heavy atom. The maximum absolute atomic E-state index is 12.8. The highest BCUT2D eigenvalue weighted by Gasteiger charge is 2.23. The maximum atomic E-state index is 12.8. The van der Waals surface area contributed by atoms with Crippen molar-refractivity contribution < 1.29 is 14.6 Å². The van der Waals surface area contributed by atoms with Crippen LogP contribution in [0.5, 0.6) is 5.75 Å². The Hall–Kier alpha value is -3.39. The smallest absolute Gasteiger partial charge is 0.312 e. The van der Waals surface area contributed by atoms with Crippen molar-refractivity contribution in [1.29, 1.82) is 0 Å². The molecule has 4 aromatic rings. The minimum absolute atomic E-state index is 0.00114. The number of carboxylic acid groups (broad SMARTS) is 1. The zero-order chi connectivity index (χ0) is 22.4. The second-order valence-electron chi connectivity index (χ2n) is 8.19. The van der Waals surface area contributed by atoms with Crippen molar-refractivity contribution in [2.24, 2.45) is 5.92 Å². The third-order valence-electron chi connectivity index (χ3n) is 5.71. The van der Waals surface area contributed by atoms with Gasteiger partial charge in [-0.25, -0.2) is 4.98 Å². The van der Waals surface area contributed by atoms with E-state index in [1.54, 1.807) is 28.9 Å². The van der Waals surface area contributed by atoms with E-state index in [4.69, 9.17) is 16.3 Å². The molecule has 3 aromatic heterocycles. The van der Waals surface area contributed by atoms with Gasteiger partial charge in [-0.2, -0.15) is 5.10 Å². The summed E-state index contributed by atoms with van der Waals surface area (Å²) in [4.78, 5) is 29.0. The van der Waals surface area contributed by atoms with Crippen LogP contribution in [0.1, 0.15) is 37.1 Å². The Balaban J connectivity index is 1.54. The zero-order valence-corrected chi connectivity index (χ0v) is 18.1. The minimum Gasteiger partial charge on any atom is -0.490 e. The average molecular weight is 453 g/mol. The Kier molecular flexibility index (Phi) is 5.09. The van der Waals surface area contributed by atoms with Crippen molar-refractivity contribution in [3.63, 3.8) is 0 Å². The van der Waals surface area contributed by atoms with Crippen molar-refractivity contribution in [2.75, 3.05) is 6.61 Å². The molecule has 1 aliphatic rings. The van der Waals surface area contributed by atoms with Crippen molar-refractivity contribution in [3.8, 4) is 5.75 Å². The highest BCUT2D eigenvalue weighted by Crippen LogP contribution is 2.32. The molecule has 5 rings (SSSR count). The van der Waals surface area contributed by atoms with Crippen molar-refractivity contribution in [1.82, 2.24) is 19.2 Å². The van der Waals surface area contributed by atoms with Crippen LogP contribution in [-0.4, -0.2) is 36.8 Å². The number of pyridine rings is 1. The highest BCUT2D eigenvalue weighted by atomic mass is 35.5. The first-order valence-corrected chi connectivity index (χ1v) is 10.8. The molecule has 8 nitrogen and oxygen atoms in total. The van der Waals surface area contributed by atoms with E-state index in [0.29, 0.717) is 45.5 Å². The first kappa shape index (κ1) is 20.5. The molecule has 0 unspecified atom stereocenters. The van der Waals surface area contributed by atoms with Gasteiger partial charge < -0.3 is 14.2 Å². The number of para-hydroxylation sites is 1. The molecule has 0 radical (unpaired) electrons. The lowest BCUT2D eigenvalue weighted by Gasteiger charge is -2.13. The van der Waals surface area contributed by atoms with E-state index in [-0.39, 0.29) is 17.7 Å². The number of ether oxygens (including phenoxy) is 1. The number of aliphatic carboxylic acids is 1. The normalized spacial score (nSPS) is 14.7. The van der Waals surface area contributed by atoms with Gasteiger partial charge in [-0.3, -0.25) is 14.3 Å². The summed E-state index contributed by atoms with van der Waals surface area (Å²) >= 11 is 6.37. The molecule has 1 aliphatic carbocycles. The summed E-state index contributed by atoms with van der Waals surface area (Å²) in [5.41, 5.74) is 1.59. The van der Waals surface area contributed by atoms with Gasteiger partial charge in [-0.15, -0.1) is 0 Å². The Morgan fingerprint density at radius 2 is 2.09 bits per heavy atom. The predicted molar refractivity (Wildman–Crippen MR) is 120 cm³/mol. The maximum Gasteiger partial charge on any atom is 0.312 e. The molecule has 1 fully saturated rings. The van der Waals surface area contributed by atoms with Gasteiger partial charge in [0.1, 0.15) is 17.3 Å². The molecule has 0 spiro atoms. The standard InChI is InChI=1S/C23H21ClN4O4/c1-13(23(30)31)21-22(29)16-4-2-3-5-18(16)28(26-21)10-15-9-27-11-19(32-12-14-6-7-14)17(24)8-20(27)25-15/h2-5,8-9,11,13-14H,6-7,10,12H2,1H3,(H,30,31)/t13-/m0/s1. The molecule has 9 heteroatoms. The van der Waals surface area contributed by atoms with Crippen molar-refractivity contribution in [2.45, 2.75) is 32.2 Å². The number of carboxylic acids is 1. The molecule has 0 aliphatic heterocycles. The van der Waals surface area contributed by atoms with Crippen LogP contribution in [0.3, 0.4) is 0 Å². The van der Waals surface area contributed by atoms with Gasteiger partial charge in [0.15, 0.2) is 5.75 Å². The predicted octanol–water partition coefficient (Wildman–Crippen LogP) is 3.72. The second-order valence-corrected chi connectivity index (χ2v) is 8.59. The Bertz CT molecular complexity index is 1410. The fourth-order valence-electron chi connectivity index (χ4n) is 3.65. The summed E-state index contributed by atoms with van der Waals surface area (Å²) in [6.07, 6.45) is 6.05. The minimum atomic E-state index is -1.10. The molecule has 32 heavy (non-hydrogen) atoms. The molecule has 0 amide bonds. The number of hydrogen-bond donors (Lipinski definition) is 1. The summed E-state index contributed by atoms with van der Waals surface area (Å²) in [7, 11) is 0. The van der Waals surface area contributed by atoms with E-state index in [0.717, 1.165) is 0 Å². The van der Waals surface area contributed by atoms with Gasteiger partial charge in [-0.1, -0.05) is 23.7 Å². The Labute approximate surface area is 188 Å². The highest BCUT2D eigenvalue weighted by molar-refractivity contribution is 6.32. The van der Waals surface area contributed by atoms with Crippen LogP contribution in [0.25, 0.3) is 16.6 Å². The van der Waals surface area contributed by atoms with E-state index in [9.17, 15) is 14.7 Å². The Morgan fingerprint density at radius 3 is 2.84 bits per heavy atom. The van der Waals surface area contributed by atoms with E-state index in [1.165, 1.54) is 19.8 Å². The number of imidazole rings is 1. The van der Waals surface area contributed by atoms with Crippen LogP contribution in [0.2, 0.25) is 5.02 Å². The summed E-state index contributed by atoms with van der Waals surface area (Å²) in [6, 6.07) is 8.78. The largest absolute Gasteiger partial charge is 0.490 e. The number of benzene rings is 1. The number of aromatic nitrogens is 4. The summed E-state index contributed by atoms with van der Waals surface area (Å²) in [5.74, 6) is -0.899. The fourth-order valence-corrected chi connectivity index (χ4v) is 3.85. The molecule has 1 N–H and O–H groups in total. The third kappa shape index (κ3) is 3.82. The number of nitrogens with zero attached hydrogens (tertiary/aromatic N) is 4. The first-order chi connectivity index (χ1) is 15.4. The lowest BCUT2D eigenvalue weighted by molar-refractivity contribution is -0.138. The molecular weight excluding hydrogens is 432 g/mol.